The van der Waals surface area contributed by atoms with Crippen LogP contribution in [0.4, 0.5) is 0 Å². The van der Waals surface area contributed by atoms with Gasteiger partial charge in [0.2, 0.25) is 0 Å². The van der Waals surface area contributed by atoms with Gasteiger partial charge in [-0.1, -0.05) is 36.4 Å². The maximum absolute atomic E-state index is 12.3. The number of para-hydroxylation sites is 2. The van der Waals surface area contributed by atoms with Crippen LogP contribution in [-0.4, -0.2) is 9.55 Å². The van der Waals surface area contributed by atoms with E-state index in [1.165, 1.54) is 0 Å². The Balaban J connectivity index is 2.08. The molecule has 4 rings (SSSR count). The fourth-order valence-corrected chi connectivity index (χ4v) is 2.60. The maximum Gasteiger partial charge on any atom is 0.256 e. The van der Waals surface area contributed by atoms with Gasteiger partial charge in [-0.05, 0) is 35.7 Å². The molecule has 0 aliphatic heterocycles. The Bertz CT molecular complexity index is 1020. The molecule has 0 unspecified atom stereocenters. The van der Waals surface area contributed by atoms with Crippen molar-refractivity contribution in [1.29, 1.82) is 0 Å². The summed E-state index contributed by atoms with van der Waals surface area (Å²) in [6, 6.07) is 23.0. The van der Waals surface area contributed by atoms with E-state index in [0.717, 1.165) is 21.8 Å². The largest absolute Gasteiger partial charge is 0.269 e. The summed E-state index contributed by atoms with van der Waals surface area (Å²) in [5.41, 5.74) is 1.68. The SMILES string of the molecule is O=c1ccc2ccccc2n1-c1ccc2ccccc2n1. The summed E-state index contributed by atoms with van der Waals surface area (Å²) in [5.74, 6) is 0.649. The van der Waals surface area contributed by atoms with E-state index in [0.29, 0.717) is 5.82 Å². The lowest BCUT2D eigenvalue weighted by atomic mass is 10.2. The zero-order valence-corrected chi connectivity index (χ0v) is 11.2. The van der Waals surface area contributed by atoms with E-state index in [2.05, 4.69) is 4.98 Å². The van der Waals surface area contributed by atoms with Crippen LogP contribution in [0.25, 0.3) is 27.6 Å². The molecule has 0 bridgehead atoms. The van der Waals surface area contributed by atoms with Crippen LogP contribution in [0.1, 0.15) is 0 Å². The molecule has 0 radical (unpaired) electrons. The van der Waals surface area contributed by atoms with Gasteiger partial charge in [-0.15, -0.1) is 0 Å². The van der Waals surface area contributed by atoms with E-state index in [1.807, 2.05) is 66.7 Å². The Morgan fingerprint density at radius 2 is 1.43 bits per heavy atom. The van der Waals surface area contributed by atoms with Crippen molar-refractivity contribution in [3.63, 3.8) is 0 Å². The highest BCUT2D eigenvalue weighted by Gasteiger charge is 2.06. The van der Waals surface area contributed by atoms with Crippen molar-refractivity contribution in [2.45, 2.75) is 0 Å². The highest BCUT2D eigenvalue weighted by Crippen LogP contribution is 2.17. The topological polar surface area (TPSA) is 34.9 Å². The molecule has 0 saturated carbocycles. The Kier molecular flexibility index (Phi) is 2.57. The first kappa shape index (κ1) is 11.9. The molecule has 2 aromatic heterocycles. The number of aromatic nitrogens is 2. The van der Waals surface area contributed by atoms with Gasteiger partial charge >= 0.3 is 0 Å². The van der Waals surface area contributed by atoms with E-state index in [-0.39, 0.29) is 5.56 Å². The Hall–Kier alpha value is -2.94. The summed E-state index contributed by atoms with van der Waals surface area (Å²) >= 11 is 0. The zero-order chi connectivity index (χ0) is 14.2. The van der Waals surface area contributed by atoms with Crippen molar-refractivity contribution in [2.24, 2.45) is 0 Å². The van der Waals surface area contributed by atoms with Crippen LogP contribution in [0.5, 0.6) is 0 Å². The minimum Gasteiger partial charge on any atom is -0.269 e. The second-order valence-corrected chi connectivity index (χ2v) is 4.93. The number of hydrogen-bond acceptors (Lipinski definition) is 2. The Morgan fingerprint density at radius 3 is 2.33 bits per heavy atom. The number of rotatable bonds is 1. The first-order valence-electron chi connectivity index (χ1n) is 6.80. The van der Waals surface area contributed by atoms with Crippen molar-refractivity contribution in [2.75, 3.05) is 0 Å². The Morgan fingerprint density at radius 1 is 0.714 bits per heavy atom. The lowest BCUT2D eigenvalue weighted by Gasteiger charge is -2.09. The second kappa shape index (κ2) is 4.56. The fraction of sp³-hybridized carbons (Fsp3) is 0. The number of benzene rings is 2. The van der Waals surface area contributed by atoms with Gasteiger partial charge in [-0.2, -0.15) is 0 Å². The summed E-state index contributed by atoms with van der Waals surface area (Å²) in [5, 5.41) is 2.08. The van der Waals surface area contributed by atoms with Crippen molar-refractivity contribution in [1.82, 2.24) is 9.55 Å². The molecule has 0 N–H and O–H groups in total. The first-order chi connectivity index (χ1) is 10.3. The molecule has 0 spiro atoms. The molecule has 3 heteroatoms. The smallest absolute Gasteiger partial charge is 0.256 e. The normalized spacial score (nSPS) is 11.0. The lowest BCUT2D eigenvalue weighted by Crippen LogP contribution is -2.18. The molecule has 100 valence electrons. The third-order valence-corrected chi connectivity index (χ3v) is 3.62. The Labute approximate surface area is 121 Å². The highest BCUT2D eigenvalue weighted by atomic mass is 16.1. The minimum atomic E-state index is -0.0727. The van der Waals surface area contributed by atoms with Crippen LogP contribution in [0.2, 0.25) is 0 Å². The molecular weight excluding hydrogens is 260 g/mol. The standard InChI is InChI=1S/C18H12N2O/c21-18-12-10-14-6-2-4-8-16(14)20(18)17-11-9-13-5-1-3-7-15(13)19-17/h1-12H. The number of nitrogens with zero attached hydrogens (tertiary/aromatic N) is 2. The molecular formula is C18H12N2O. The molecule has 0 saturated heterocycles. The molecule has 0 aliphatic rings. The molecule has 0 atom stereocenters. The van der Waals surface area contributed by atoms with Crippen LogP contribution in [-0.2, 0) is 0 Å². The molecule has 4 aromatic rings. The van der Waals surface area contributed by atoms with Crippen LogP contribution in [0.15, 0.2) is 77.6 Å². The summed E-state index contributed by atoms with van der Waals surface area (Å²) < 4.78 is 1.65. The summed E-state index contributed by atoms with van der Waals surface area (Å²) in [4.78, 5) is 16.9. The van der Waals surface area contributed by atoms with Crippen molar-refractivity contribution < 1.29 is 0 Å². The lowest BCUT2D eigenvalue weighted by molar-refractivity contribution is 0.996. The highest BCUT2D eigenvalue weighted by molar-refractivity contribution is 5.82. The summed E-state index contributed by atoms with van der Waals surface area (Å²) in [6.45, 7) is 0. The van der Waals surface area contributed by atoms with E-state index < -0.39 is 0 Å². The predicted molar refractivity (Wildman–Crippen MR) is 84.8 cm³/mol. The van der Waals surface area contributed by atoms with Gasteiger partial charge in [0.1, 0.15) is 5.82 Å². The van der Waals surface area contributed by atoms with Gasteiger partial charge in [0.25, 0.3) is 5.56 Å². The average molecular weight is 272 g/mol. The van der Waals surface area contributed by atoms with E-state index in [4.69, 9.17) is 0 Å². The summed E-state index contributed by atoms with van der Waals surface area (Å²) in [7, 11) is 0. The number of pyridine rings is 2. The summed E-state index contributed by atoms with van der Waals surface area (Å²) in [6.07, 6.45) is 0. The third-order valence-electron chi connectivity index (χ3n) is 3.62. The zero-order valence-electron chi connectivity index (χ0n) is 11.2. The fourth-order valence-electron chi connectivity index (χ4n) is 2.60. The van der Waals surface area contributed by atoms with Gasteiger partial charge in [-0.25, -0.2) is 4.98 Å². The van der Waals surface area contributed by atoms with Crippen molar-refractivity contribution in [3.8, 4) is 5.82 Å². The third kappa shape index (κ3) is 1.91. The number of fused-ring (bicyclic) bond motifs is 2. The van der Waals surface area contributed by atoms with Crippen molar-refractivity contribution >= 4 is 21.8 Å². The number of hydrogen-bond donors (Lipinski definition) is 0. The molecule has 3 nitrogen and oxygen atoms in total. The van der Waals surface area contributed by atoms with E-state index in [9.17, 15) is 4.79 Å². The predicted octanol–water partition coefficient (Wildman–Crippen LogP) is 3.54. The molecule has 2 heterocycles. The average Bonchev–Trinajstić information content (AvgIpc) is 2.54. The molecule has 2 aromatic carbocycles. The molecule has 0 fully saturated rings. The monoisotopic (exact) mass is 272 g/mol. The van der Waals surface area contributed by atoms with Gasteiger partial charge in [-0.3, -0.25) is 9.36 Å². The second-order valence-electron chi connectivity index (χ2n) is 4.93. The van der Waals surface area contributed by atoms with Crippen LogP contribution in [0, 0.1) is 0 Å². The quantitative estimate of drug-likeness (QED) is 0.531. The maximum atomic E-state index is 12.3. The van der Waals surface area contributed by atoms with Crippen LogP contribution in [0.3, 0.4) is 0 Å². The molecule has 0 amide bonds. The molecule has 0 aliphatic carbocycles. The molecule has 21 heavy (non-hydrogen) atoms. The van der Waals surface area contributed by atoms with E-state index >= 15 is 0 Å². The van der Waals surface area contributed by atoms with Gasteiger partial charge in [0.05, 0.1) is 11.0 Å². The van der Waals surface area contributed by atoms with Crippen LogP contribution < -0.4 is 5.56 Å². The van der Waals surface area contributed by atoms with Crippen molar-refractivity contribution in [3.05, 3.63) is 83.2 Å². The first-order valence-corrected chi connectivity index (χ1v) is 6.80. The van der Waals surface area contributed by atoms with Gasteiger partial charge in [0, 0.05) is 11.5 Å². The van der Waals surface area contributed by atoms with E-state index in [1.54, 1.807) is 10.6 Å². The van der Waals surface area contributed by atoms with Crippen LogP contribution >= 0.6 is 0 Å². The van der Waals surface area contributed by atoms with Gasteiger partial charge in [0.15, 0.2) is 0 Å². The van der Waals surface area contributed by atoms with Gasteiger partial charge < -0.3 is 0 Å². The minimum absolute atomic E-state index is 0.0727.